The molecular weight excluding hydrogens is 374 g/mol. The molecule has 19 heavy (non-hydrogen) atoms. The van der Waals surface area contributed by atoms with Crippen LogP contribution in [0.15, 0.2) is 27.1 Å². The van der Waals surface area contributed by atoms with Crippen molar-refractivity contribution in [2.24, 2.45) is 5.41 Å². The fraction of sp³-hybridized carbons (Fsp3) is 0.500. The molecule has 0 radical (unpaired) electrons. The first kappa shape index (κ1) is 15.0. The number of ether oxygens (including phenoxy) is 1. The summed E-state index contributed by atoms with van der Waals surface area (Å²) in [6.07, 6.45) is 3.38. The van der Waals surface area contributed by atoms with E-state index in [4.69, 9.17) is 4.74 Å². The lowest BCUT2D eigenvalue weighted by molar-refractivity contribution is 0.0937. The van der Waals surface area contributed by atoms with E-state index in [0.29, 0.717) is 5.56 Å². The lowest BCUT2D eigenvalue weighted by atomic mass is 10.0. The maximum absolute atomic E-state index is 12.1. The average Bonchev–Trinajstić information content (AvgIpc) is 3.14. The quantitative estimate of drug-likeness (QED) is 0.802. The number of amides is 1. The summed E-state index contributed by atoms with van der Waals surface area (Å²) in [5, 5.41) is 3.03. The summed E-state index contributed by atoms with van der Waals surface area (Å²) in [6, 6.07) is 5.57. The van der Waals surface area contributed by atoms with Gasteiger partial charge < -0.3 is 10.1 Å². The molecule has 0 aliphatic heterocycles. The zero-order chi connectivity index (χ0) is 13.9. The van der Waals surface area contributed by atoms with Crippen LogP contribution in [-0.2, 0) is 4.74 Å². The minimum Gasteiger partial charge on any atom is -0.385 e. The molecule has 0 atom stereocenters. The molecule has 1 N–H and O–H groups in total. The SMILES string of the molecule is COCCC1(CNC(=O)c2ccc(Br)cc2Br)CC1. The topological polar surface area (TPSA) is 38.3 Å². The average molecular weight is 391 g/mol. The number of hydrogen-bond donors (Lipinski definition) is 1. The Morgan fingerprint density at radius 3 is 2.74 bits per heavy atom. The summed E-state index contributed by atoms with van der Waals surface area (Å²) in [6.45, 7) is 1.50. The van der Waals surface area contributed by atoms with E-state index in [-0.39, 0.29) is 11.3 Å². The van der Waals surface area contributed by atoms with E-state index in [1.807, 2.05) is 18.2 Å². The van der Waals surface area contributed by atoms with Crippen molar-refractivity contribution in [2.45, 2.75) is 19.3 Å². The van der Waals surface area contributed by atoms with Gasteiger partial charge in [0.2, 0.25) is 0 Å². The standard InChI is InChI=1S/C14H17Br2NO2/c1-19-7-6-14(4-5-14)9-17-13(18)11-3-2-10(15)8-12(11)16/h2-3,8H,4-7,9H2,1H3,(H,17,18). The van der Waals surface area contributed by atoms with Crippen LogP contribution < -0.4 is 5.32 Å². The molecule has 1 saturated carbocycles. The fourth-order valence-corrected chi connectivity index (χ4v) is 3.27. The summed E-state index contributed by atoms with van der Waals surface area (Å²) < 4.78 is 6.88. The third-order valence-corrected chi connectivity index (χ3v) is 4.74. The van der Waals surface area contributed by atoms with Gasteiger partial charge in [0.15, 0.2) is 0 Å². The van der Waals surface area contributed by atoms with Gasteiger partial charge >= 0.3 is 0 Å². The second kappa shape index (κ2) is 6.37. The lowest BCUT2D eigenvalue weighted by Crippen LogP contribution is -2.31. The van der Waals surface area contributed by atoms with Crippen molar-refractivity contribution < 1.29 is 9.53 Å². The molecule has 0 bridgehead atoms. The predicted octanol–water partition coefficient (Wildman–Crippen LogP) is 3.76. The Morgan fingerprint density at radius 2 is 2.16 bits per heavy atom. The predicted molar refractivity (Wildman–Crippen MR) is 82.3 cm³/mol. The summed E-state index contributed by atoms with van der Waals surface area (Å²) in [5.41, 5.74) is 0.943. The smallest absolute Gasteiger partial charge is 0.252 e. The Kier molecular flexibility index (Phi) is 5.03. The van der Waals surface area contributed by atoms with E-state index in [1.54, 1.807) is 7.11 Å². The van der Waals surface area contributed by atoms with Crippen LogP contribution in [0.25, 0.3) is 0 Å². The fourth-order valence-electron chi connectivity index (χ4n) is 2.05. The van der Waals surface area contributed by atoms with Crippen LogP contribution in [-0.4, -0.2) is 26.2 Å². The number of benzene rings is 1. The van der Waals surface area contributed by atoms with Crippen LogP contribution in [0.2, 0.25) is 0 Å². The molecule has 0 spiro atoms. The monoisotopic (exact) mass is 389 g/mol. The van der Waals surface area contributed by atoms with E-state index < -0.39 is 0 Å². The highest BCUT2D eigenvalue weighted by Crippen LogP contribution is 2.48. The molecule has 1 aromatic carbocycles. The highest BCUT2D eigenvalue weighted by molar-refractivity contribution is 9.11. The van der Waals surface area contributed by atoms with Crippen molar-refractivity contribution >= 4 is 37.8 Å². The van der Waals surface area contributed by atoms with Crippen molar-refractivity contribution in [3.63, 3.8) is 0 Å². The number of carbonyl (C=O) groups is 1. The van der Waals surface area contributed by atoms with Gasteiger partial charge in [0.05, 0.1) is 5.56 Å². The molecule has 1 aliphatic rings. The van der Waals surface area contributed by atoms with Gasteiger partial charge in [0.25, 0.3) is 5.91 Å². The van der Waals surface area contributed by atoms with E-state index in [1.165, 1.54) is 12.8 Å². The van der Waals surface area contributed by atoms with Crippen molar-refractivity contribution in [3.05, 3.63) is 32.7 Å². The lowest BCUT2D eigenvalue weighted by Gasteiger charge is -2.16. The molecule has 0 heterocycles. The Balaban J connectivity index is 1.91. The Bertz CT molecular complexity index is 473. The van der Waals surface area contributed by atoms with E-state index in [9.17, 15) is 4.79 Å². The van der Waals surface area contributed by atoms with E-state index in [2.05, 4.69) is 37.2 Å². The third kappa shape index (κ3) is 4.04. The normalized spacial score (nSPS) is 16.2. The van der Waals surface area contributed by atoms with Gasteiger partial charge in [-0.15, -0.1) is 0 Å². The maximum atomic E-state index is 12.1. The van der Waals surface area contributed by atoms with Crippen molar-refractivity contribution in [2.75, 3.05) is 20.3 Å². The third-order valence-electron chi connectivity index (χ3n) is 3.59. The highest BCUT2D eigenvalue weighted by Gasteiger charge is 2.42. The van der Waals surface area contributed by atoms with Crippen LogP contribution in [0.3, 0.4) is 0 Å². The number of nitrogens with one attached hydrogen (secondary N) is 1. The molecule has 5 heteroatoms. The summed E-state index contributed by atoms with van der Waals surface area (Å²) >= 11 is 6.79. The first-order chi connectivity index (χ1) is 9.06. The summed E-state index contributed by atoms with van der Waals surface area (Å²) in [7, 11) is 1.72. The molecule has 1 aromatic rings. The van der Waals surface area contributed by atoms with E-state index >= 15 is 0 Å². The maximum Gasteiger partial charge on any atom is 0.252 e. The van der Waals surface area contributed by atoms with Gasteiger partial charge in [-0.25, -0.2) is 0 Å². The van der Waals surface area contributed by atoms with Gasteiger partial charge in [-0.2, -0.15) is 0 Å². The largest absolute Gasteiger partial charge is 0.385 e. The minimum absolute atomic E-state index is 0.0249. The number of halogens is 2. The molecule has 0 aromatic heterocycles. The second-order valence-electron chi connectivity index (χ2n) is 5.05. The zero-order valence-electron chi connectivity index (χ0n) is 10.8. The van der Waals surface area contributed by atoms with E-state index in [0.717, 1.165) is 28.5 Å². The molecule has 3 nitrogen and oxygen atoms in total. The van der Waals surface area contributed by atoms with Gasteiger partial charge in [-0.05, 0) is 58.8 Å². The number of rotatable bonds is 6. The Hall–Kier alpha value is -0.390. The number of methoxy groups -OCH3 is 1. The molecule has 1 fully saturated rings. The summed E-state index contributed by atoms with van der Waals surface area (Å²) in [5.74, 6) is -0.0249. The number of carbonyl (C=O) groups excluding carboxylic acids is 1. The van der Waals surface area contributed by atoms with Gasteiger partial charge in [-0.1, -0.05) is 15.9 Å². The molecule has 0 saturated heterocycles. The molecular formula is C14H17Br2NO2. The Labute approximate surface area is 130 Å². The van der Waals surface area contributed by atoms with Crippen molar-refractivity contribution in [1.82, 2.24) is 5.32 Å². The summed E-state index contributed by atoms with van der Waals surface area (Å²) in [4.78, 5) is 12.1. The first-order valence-corrected chi connectivity index (χ1v) is 7.87. The second-order valence-corrected chi connectivity index (χ2v) is 6.82. The number of hydrogen-bond acceptors (Lipinski definition) is 2. The highest BCUT2D eigenvalue weighted by atomic mass is 79.9. The van der Waals surface area contributed by atoms with Gasteiger partial charge in [0.1, 0.15) is 0 Å². The van der Waals surface area contributed by atoms with Crippen LogP contribution in [0.5, 0.6) is 0 Å². The molecule has 0 unspecified atom stereocenters. The molecule has 104 valence electrons. The van der Waals surface area contributed by atoms with Crippen LogP contribution in [0.1, 0.15) is 29.6 Å². The molecule has 1 aliphatic carbocycles. The van der Waals surface area contributed by atoms with Crippen LogP contribution >= 0.6 is 31.9 Å². The molecule has 1 amide bonds. The van der Waals surface area contributed by atoms with Gasteiger partial charge in [-0.3, -0.25) is 4.79 Å². The Morgan fingerprint density at radius 1 is 1.42 bits per heavy atom. The van der Waals surface area contributed by atoms with Crippen LogP contribution in [0, 0.1) is 5.41 Å². The molecule has 2 rings (SSSR count). The zero-order valence-corrected chi connectivity index (χ0v) is 14.0. The van der Waals surface area contributed by atoms with Gasteiger partial charge in [0, 0.05) is 29.2 Å². The van der Waals surface area contributed by atoms with Crippen LogP contribution in [0.4, 0.5) is 0 Å². The van der Waals surface area contributed by atoms with Crippen molar-refractivity contribution in [3.8, 4) is 0 Å². The minimum atomic E-state index is -0.0249. The first-order valence-electron chi connectivity index (χ1n) is 6.28. The van der Waals surface area contributed by atoms with Crippen molar-refractivity contribution in [1.29, 1.82) is 0 Å².